The third kappa shape index (κ3) is 5.28. The predicted octanol–water partition coefficient (Wildman–Crippen LogP) is 3.92. The van der Waals surface area contributed by atoms with Crippen molar-refractivity contribution < 1.29 is 4.74 Å². The van der Waals surface area contributed by atoms with E-state index in [-0.39, 0.29) is 6.10 Å². The number of benzene rings is 1. The first kappa shape index (κ1) is 15.3. The number of hydrogen-bond donors (Lipinski definition) is 1. The van der Waals surface area contributed by atoms with Crippen LogP contribution in [-0.4, -0.2) is 19.2 Å². The molecule has 0 amide bonds. The Hall–Kier alpha value is -0.730. The minimum absolute atomic E-state index is 0.162. The highest BCUT2D eigenvalue weighted by Gasteiger charge is 2.06. The molecule has 102 valence electrons. The van der Waals surface area contributed by atoms with Gasteiger partial charge in [-0.15, -0.1) is 0 Å². The van der Waals surface area contributed by atoms with Gasteiger partial charge in [0.15, 0.2) is 0 Å². The van der Waals surface area contributed by atoms with E-state index in [4.69, 9.17) is 16.3 Å². The third-order valence-electron chi connectivity index (χ3n) is 2.72. The molecule has 1 N–H and O–H groups in total. The van der Waals surface area contributed by atoms with Gasteiger partial charge in [0, 0.05) is 11.6 Å². The molecule has 0 saturated carbocycles. The van der Waals surface area contributed by atoms with E-state index in [1.807, 2.05) is 18.2 Å². The molecule has 0 aliphatic rings. The highest BCUT2D eigenvalue weighted by Crippen LogP contribution is 2.23. The molecule has 0 aliphatic heterocycles. The average Bonchev–Trinajstić information content (AvgIpc) is 2.31. The molecule has 0 bridgehead atoms. The lowest BCUT2D eigenvalue weighted by Crippen LogP contribution is -2.31. The summed E-state index contributed by atoms with van der Waals surface area (Å²) in [5.74, 6) is 1.56. The maximum atomic E-state index is 6.08. The second-order valence-electron chi connectivity index (χ2n) is 5.09. The second-order valence-corrected chi connectivity index (χ2v) is 5.49. The number of hydrogen-bond acceptors (Lipinski definition) is 2. The molecule has 0 fully saturated rings. The fourth-order valence-corrected chi connectivity index (χ4v) is 2.00. The number of nitrogens with one attached hydrogen (secondary N) is 1. The van der Waals surface area contributed by atoms with Crippen molar-refractivity contribution in [2.24, 2.45) is 5.92 Å². The van der Waals surface area contributed by atoms with Gasteiger partial charge in [-0.05, 0) is 49.6 Å². The van der Waals surface area contributed by atoms with Gasteiger partial charge in [0.2, 0.25) is 0 Å². The Kier molecular flexibility index (Phi) is 6.51. The van der Waals surface area contributed by atoms with Crippen LogP contribution in [0.25, 0.3) is 0 Å². The van der Waals surface area contributed by atoms with Gasteiger partial charge >= 0.3 is 0 Å². The van der Waals surface area contributed by atoms with E-state index in [0.717, 1.165) is 35.8 Å². The van der Waals surface area contributed by atoms with Crippen LogP contribution in [0, 0.1) is 5.92 Å². The van der Waals surface area contributed by atoms with Crippen molar-refractivity contribution in [3.05, 3.63) is 28.8 Å². The summed E-state index contributed by atoms with van der Waals surface area (Å²) in [6, 6.07) is 5.87. The summed E-state index contributed by atoms with van der Waals surface area (Å²) in [4.78, 5) is 0. The number of rotatable bonds is 7. The fourth-order valence-electron chi connectivity index (χ4n) is 1.74. The Balaban J connectivity index is 2.46. The summed E-state index contributed by atoms with van der Waals surface area (Å²) in [5, 5.41) is 4.21. The normalized spacial score (nSPS) is 12.8. The molecule has 18 heavy (non-hydrogen) atoms. The van der Waals surface area contributed by atoms with E-state index in [2.05, 4.69) is 33.0 Å². The summed E-state index contributed by atoms with van der Waals surface area (Å²) in [7, 11) is 0. The van der Waals surface area contributed by atoms with Gasteiger partial charge in [-0.3, -0.25) is 0 Å². The molecule has 1 unspecified atom stereocenters. The minimum atomic E-state index is 0.162. The van der Waals surface area contributed by atoms with Crippen LogP contribution in [0.4, 0.5) is 0 Å². The molecule has 3 heteroatoms. The number of aryl methyl sites for hydroxylation is 1. The lowest BCUT2D eigenvalue weighted by Gasteiger charge is -2.17. The zero-order valence-corrected chi connectivity index (χ0v) is 12.6. The Labute approximate surface area is 116 Å². The predicted molar refractivity (Wildman–Crippen MR) is 78.6 cm³/mol. The monoisotopic (exact) mass is 269 g/mol. The summed E-state index contributed by atoms with van der Waals surface area (Å²) >= 11 is 6.08. The molecular weight excluding hydrogens is 246 g/mol. The molecule has 1 aromatic rings. The fraction of sp³-hybridized carbons (Fsp3) is 0.600. The smallest absolute Gasteiger partial charge is 0.120 e. The van der Waals surface area contributed by atoms with Crippen molar-refractivity contribution in [2.45, 2.75) is 40.2 Å². The molecule has 1 atom stereocenters. The quantitative estimate of drug-likeness (QED) is 0.810. The topological polar surface area (TPSA) is 21.3 Å². The van der Waals surface area contributed by atoms with Crippen LogP contribution in [0.3, 0.4) is 0 Å². The summed E-state index contributed by atoms with van der Waals surface area (Å²) < 4.78 is 5.87. The van der Waals surface area contributed by atoms with Gasteiger partial charge in [0.25, 0.3) is 0 Å². The van der Waals surface area contributed by atoms with Crippen LogP contribution in [0.2, 0.25) is 5.02 Å². The Morgan fingerprint density at radius 2 is 1.94 bits per heavy atom. The zero-order valence-electron chi connectivity index (χ0n) is 11.8. The van der Waals surface area contributed by atoms with Crippen LogP contribution in [0.5, 0.6) is 5.75 Å². The van der Waals surface area contributed by atoms with E-state index < -0.39 is 0 Å². The SMILES string of the molecule is CCc1cc(OC(C)CNCC(C)C)ccc1Cl. The summed E-state index contributed by atoms with van der Waals surface area (Å²) in [5.41, 5.74) is 1.14. The molecule has 1 aromatic carbocycles. The van der Waals surface area contributed by atoms with Gasteiger partial charge in [-0.1, -0.05) is 32.4 Å². The molecule has 1 rings (SSSR count). The Bertz CT molecular complexity index is 366. The van der Waals surface area contributed by atoms with E-state index in [0.29, 0.717) is 5.92 Å². The van der Waals surface area contributed by atoms with E-state index in [9.17, 15) is 0 Å². The van der Waals surface area contributed by atoms with Gasteiger partial charge in [-0.25, -0.2) is 0 Å². The van der Waals surface area contributed by atoms with E-state index in [1.165, 1.54) is 0 Å². The minimum Gasteiger partial charge on any atom is -0.489 e. The standard InChI is InChI=1S/C15H24ClNO/c1-5-13-8-14(6-7-15(13)16)18-12(4)10-17-9-11(2)3/h6-8,11-12,17H,5,9-10H2,1-4H3. The van der Waals surface area contributed by atoms with Crippen LogP contribution < -0.4 is 10.1 Å². The van der Waals surface area contributed by atoms with Crippen molar-refractivity contribution in [2.75, 3.05) is 13.1 Å². The molecule has 0 saturated heterocycles. The zero-order chi connectivity index (χ0) is 13.5. The molecule has 0 aliphatic carbocycles. The first-order valence-electron chi connectivity index (χ1n) is 6.68. The lowest BCUT2D eigenvalue weighted by atomic mass is 10.1. The Morgan fingerprint density at radius 3 is 2.56 bits per heavy atom. The largest absolute Gasteiger partial charge is 0.489 e. The van der Waals surface area contributed by atoms with Crippen LogP contribution >= 0.6 is 11.6 Å². The van der Waals surface area contributed by atoms with Crippen LogP contribution in [0.15, 0.2) is 18.2 Å². The van der Waals surface area contributed by atoms with Crippen molar-refractivity contribution in [3.63, 3.8) is 0 Å². The van der Waals surface area contributed by atoms with Crippen LogP contribution in [-0.2, 0) is 6.42 Å². The van der Waals surface area contributed by atoms with Gasteiger partial charge < -0.3 is 10.1 Å². The third-order valence-corrected chi connectivity index (χ3v) is 3.09. The first-order valence-corrected chi connectivity index (χ1v) is 7.06. The molecule has 0 heterocycles. The van der Waals surface area contributed by atoms with Crippen molar-refractivity contribution in [3.8, 4) is 5.75 Å². The first-order chi connectivity index (χ1) is 8.52. The highest BCUT2D eigenvalue weighted by atomic mass is 35.5. The number of halogens is 1. The van der Waals surface area contributed by atoms with E-state index >= 15 is 0 Å². The van der Waals surface area contributed by atoms with Crippen molar-refractivity contribution in [1.29, 1.82) is 0 Å². The molecule has 0 aromatic heterocycles. The van der Waals surface area contributed by atoms with Crippen molar-refractivity contribution in [1.82, 2.24) is 5.32 Å². The molecule has 2 nitrogen and oxygen atoms in total. The van der Waals surface area contributed by atoms with Gasteiger partial charge in [0.05, 0.1) is 0 Å². The molecule has 0 radical (unpaired) electrons. The highest BCUT2D eigenvalue weighted by molar-refractivity contribution is 6.31. The Morgan fingerprint density at radius 1 is 1.22 bits per heavy atom. The summed E-state index contributed by atoms with van der Waals surface area (Å²) in [6.45, 7) is 10.5. The summed E-state index contributed by atoms with van der Waals surface area (Å²) in [6.07, 6.45) is 1.09. The lowest BCUT2D eigenvalue weighted by molar-refractivity contribution is 0.215. The van der Waals surface area contributed by atoms with Crippen LogP contribution in [0.1, 0.15) is 33.3 Å². The average molecular weight is 270 g/mol. The second kappa shape index (κ2) is 7.65. The molecular formula is C15H24ClNO. The molecule has 0 spiro atoms. The van der Waals surface area contributed by atoms with Crippen molar-refractivity contribution >= 4 is 11.6 Å². The van der Waals surface area contributed by atoms with Gasteiger partial charge in [0.1, 0.15) is 11.9 Å². The maximum absolute atomic E-state index is 6.08. The maximum Gasteiger partial charge on any atom is 0.120 e. The van der Waals surface area contributed by atoms with Gasteiger partial charge in [-0.2, -0.15) is 0 Å². The van der Waals surface area contributed by atoms with E-state index in [1.54, 1.807) is 0 Å². The number of ether oxygens (including phenoxy) is 1.